The molecule has 0 aliphatic rings. The lowest BCUT2D eigenvalue weighted by molar-refractivity contribution is 0.0650. The van der Waals surface area contributed by atoms with Crippen molar-refractivity contribution < 1.29 is 9.90 Å². The molecule has 2 aromatic rings. The molecule has 6 nitrogen and oxygen atoms in total. The lowest BCUT2D eigenvalue weighted by atomic mass is 9.89. The van der Waals surface area contributed by atoms with Crippen molar-refractivity contribution in [3.05, 3.63) is 48.3 Å². The number of hydrogen-bond donors (Lipinski definition) is 3. The number of aliphatic hydroxyl groups excluding tert-OH is 1. The standard InChI is InChI=1S/C17H24N4O2/c1-17(2,3)15(22)11-19-16(23)18-9-13-10-20-21(12-13)14-7-5-4-6-8-14/h4-8,10,12,15,22H,9,11H2,1-3H3,(H2,18,19,23). The van der Waals surface area contributed by atoms with Crippen LogP contribution in [0.2, 0.25) is 0 Å². The Morgan fingerprint density at radius 3 is 2.61 bits per heavy atom. The highest BCUT2D eigenvalue weighted by Crippen LogP contribution is 2.18. The van der Waals surface area contributed by atoms with E-state index in [1.165, 1.54) is 0 Å². The first-order valence-electron chi connectivity index (χ1n) is 7.65. The fourth-order valence-electron chi connectivity index (χ4n) is 1.91. The van der Waals surface area contributed by atoms with Crippen LogP contribution in [0.5, 0.6) is 0 Å². The van der Waals surface area contributed by atoms with Gasteiger partial charge in [-0.1, -0.05) is 39.0 Å². The summed E-state index contributed by atoms with van der Waals surface area (Å²) in [6, 6.07) is 9.47. The van der Waals surface area contributed by atoms with E-state index in [-0.39, 0.29) is 18.0 Å². The van der Waals surface area contributed by atoms with Crippen LogP contribution in [0.25, 0.3) is 5.69 Å². The predicted molar refractivity (Wildman–Crippen MR) is 89.3 cm³/mol. The van der Waals surface area contributed by atoms with Crippen LogP contribution < -0.4 is 10.6 Å². The van der Waals surface area contributed by atoms with Crippen molar-refractivity contribution in [3.63, 3.8) is 0 Å². The smallest absolute Gasteiger partial charge is 0.315 e. The van der Waals surface area contributed by atoms with Crippen LogP contribution in [0, 0.1) is 5.41 Å². The van der Waals surface area contributed by atoms with Crippen LogP contribution in [-0.2, 0) is 6.54 Å². The minimum Gasteiger partial charge on any atom is -0.391 e. The Bertz CT molecular complexity index is 632. The van der Waals surface area contributed by atoms with Crippen molar-refractivity contribution in [3.8, 4) is 5.69 Å². The predicted octanol–water partition coefficient (Wildman–Crippen LogP) is 2.08. The van der Waals surface area contributed by atoms with Gasteiger partial charge < -0.3 is 15.7 Å². The maximum absolute atomic E-state index is 11.8. The second-order valence-corrected chi connectivity index (χ2v) is 6.57. The Labute approximate surface area is 136 Å². The maximum atomic E-state index is 11.8. The number of amides is 2. The minimum absolute atomic E-state index is 0.221. The van der Waals surface area contributed by atoms with Crippen molar-refractivity contribution in [2.75, 3.05) is 6.54 Å². The van der Waals surface area contributed by atoms with Crippen molar-refractivity contribution in [1.82, 2.24) is 20.4 Å². The molecule has 1 aromatic heterocycles. The number of carbonyl (C=O) groups excluding carboxylic acids is 1. The molecule has 1 unspecified atom stereocenters. The monoisotopic (exact) mass is 316 g/mol. The van der Waals surface area contributed by atoms with Gasteiger partial charge in [-0.3, -0.25) is 0 Å². The summed E-state index contributed by atoms with van der Waals surface area (Å²) in [5.74, 6) is 0. The summed E-state index contributed by atoms with van der Waals surface area (Å²) in [5.41, 5.74) is 1.61. The first-order valence-corrected chi connectivity index (χ1v) is 7.65. The summed E-state index contributed by atoms with van der Waals surface area (Å²) in [7, 11) is 0. The Kier molecular flexibility index (Phi) is 5.39. The Balaban J connectivity index is 1.80. The number of urea groups is 1. The lowest BCUT2D eigenvalue weighted by Crippen LogP contribution is -2.43. The molecule has 1 aromatic carbocycles. The first kappa shape index (κ1) is 17.0. The van der Waals surface area contributed by atoms with Gasteiger partial charge in [-0.2, -0.15) is 5.10 Å². The zero-order valence-corrected chi connectivity index (χ0v) is 13.8. The molecule has 0 aliphatic carbocycles. The first-order chi connectivity index (χ1) is 10.9. The van der Waals surface area contributed by atoms with Crippen molar-refractivity contribution in [2.45, 2.75) is 33.4 Å². The quantitative estimate of drug-likeness (QED) is 0.790. The van der Waals surface area contributed by atoms with E-state index in [0.29, 0.717) is 6.54 Å². The van der Waals surface area contributed by atoms with Gasteiger partial charge in [0.05, 0.1) is 18.0 Å². The van der Waals surface area contributed by atoms with Crippen LogP contribution in [0.1, 0.15) is 26.3 Å². The summed E-state index contributed by atoms with van der Waals surface area (Å²) in [4.78, 5) is 11.8. The molecule has 2 amide bonds. The van der Waals surface area contributed by atoms with Gasteiger partial charge >= 0.3 is 6.03 Å². The number of aromatic nitrogens is 2. The molecule has 6 heteroatoms. The summed E-state index contributed by atoms with van der Waals surface area (Å²) in [5, 5.41) is 19.6. The molecule has 0 saturated heterocycles. The van der Waals surface area contributed by atoms with E-state index in [2.05, 4.69) is 15.7 Å². The van der Waals surface area contributed by atoms with E-state index in [1.54, 1.807) is 10.9 Å². The topological polar surface area (TPSA) is 79.2 Å². The van der Waals surface area contributed by atoms with Gasteiger partial charge in [0.1, 0.15) is 0 Å². The number of rotatable bonds is 5. The zero-order chi connectivity index (χ0) is 16.9. The summed E-state index contributed by atoms with van der Waals surface area (Å²) in [6.45, 7) is 6.38. The molecule has 3 N–H and O–H groups in total. The van der Waals surface area contributed by atoms with Gasteiger partial charge in [0, 0.05) is 24.8 Å². The molecule has 0 bridgehead atoms. The SMILES string of the molecule is CC(C)(C)C(O)CNC(=O)NCc1cnn(-c2ccccc2)c1. The average Bonchev–Trinajstić information content (AvgIpc) is 2.99. The van der Waals surface area contributed by atoms with Crippen molar-refractivity contribution in [1.29, 1.82) is 0 Å². The van der Waals surface area contributed by atoms with E-state index in [0.717, 1.165) is 11.3 Å². The Morgan fingerprint density at radius 2 is 1.96 bits per heavy atom. The number of hydrogen-bond acceptors (Lipinski definition) is 3. The Hall–Kier alpha value is -2.34. The molecule has 0 fully saturated rings. The van der Waals surface area contributed by atoms with Crippen molar-refractivity contribution >= 4 is 6.03 Å². The maximum Gasteiger partial charge on any atom is 0.315 e. The van der Waals surface area contributed by atoms with E-state index in [1.807, 2.05) is 57.3 Å². The van der Waals surface area contributed by atoms with E-state index < -0.39 is 6.10 Å². The van der Waals surface area contributed by atoms with E-state index in [9.17, 15) is 9.90 Å². The van der Waals surface area contributed by atoms with Gasteiger partial charge in [-0.15, -0.1) is 0 Å². The molecule has 124 valence electrons. The number of para-hydroxylation sites is 1. The molecule has 0 aliphatic heterocycles. The van der Waals surface area contributed by atoms with Gasteiger partial charge in [0.25, 0.3) is 0 Å². The fourth-order valence-corrected chi connectivity index (χ4v) is 1.91. The fraction of sp³-hybridized carbons (Fsp3) is 0.412. The van der Waals surface area contributed by atoms with Crippen LogP contribution in [0.3, 0.4) is 0 Å². The third-order valence-electron chi connectivity index (χ3n) is 3.57. The highest BCUT2D eigenvalue weighted by molar-refractivity contribution is 5.73. The van der Waals surface area contributed by atoms with E-state index >= 15 is 0 Å². The molecular weight excluding hydrogens is 292 g/mol. The number of nitrogens with one attached hydrogen (secondary N) is 2. The second kappa shape index (κ2) is 7.28. The number of carbonyl (C=O) groups is 1. The second-order valence-electron chi connectivity index (χ2n) is 6.57. The molecule has 0 saturated carbocycles. The molecule has 1 heterocycles. The summed E-state index contributed by atoms with van der Waals surface area (Å²) < 4.78 is 1.76. The molecule has 0 radical (unpaired) electrons. The van der Waals surface area contributed by atoms with Gasteiger partial charge in [0.15, 0.2) is 0 Å². The zero-order valence-electron chi connectivity index (χ0n) is 13.8. The summed E-state index contributed by atoms with van der Waals surface area (Å²) >= 11 is 0. The minimum atomic E-state index is -0.589. The largest absolute Gasteiger partial charge is 0.391 e. The van der Waals surface area contributed by atoms with Gasteiger partial charge in [0.2, 0.25) is 0 Å². The normalized spacial score (nSPS) is 12.7. The number of nitrogens with zero attached hydrogens (tertiary/aromatic N) is 2. The van der Waals surface area contributed by atoms with Gasteiger partial charge in [-0.05, 0) is 17.5 Å². The summed E-state index contributed by atoms with van der Waals surface area (Å²) in [6.07, 6.45) is 3.01. The molecule has 0 spiro atoms. The molecule has 23 heavy (non-hydrogen) atoms. The van der Waals surface area contributed by atoms with Crippen LogP contribution in [0.4, 0.5) is 4.79 Å². The third-order valence-corrected chi connectivity index (χ3v) is 3.57. The molecule has 2 rings (SSSR count). The number of benzene rings is 1. The van der Waals surface area contributed by atoms with Crippen LogP contribution >= 0.6 is 0 Å². The highest BCUT2D eigenvalue weighted by atomic mass is 16.3. The average molecular weight is 316 g/mol. The number of aliphatic hydroxyl groups is 1. The van der Waals surface area contributed by atoms with Gasteiger partial charge in [-0.25, -0.2) is 9.48 Å². The van der Waals surface area contributed by atoms with Crippen molar-refractivity contribution in [2.24, 2.45) is 5.41 Å². The molecular formula is C17H24N4O2. The van der Waals surface area contributed by atoms with Crippen LogP contribution in [-0.4, -0.2) is 33.6 Å². The Morgan fingerprint density at radius 1 is 1.26 bits per heavy atom. The third kappa shape index (κ3) is 5.10. The lowest BCUT2D eigenvalue weighted by Gasteiger charge is -2.25. The van der Waals surface area contributed by atoms with E-state index in [4.69, 9.17) is 0 Å². The molecule has 1 atom stereocenters. The van der Waals surface area contributed by atoms with Crippen LogP contribution in [0.15, 0.2) is 42.7 Å². The highest BCUT2D eigenvalue weighted by Gasteiger charge is 2.22.